The van der Waals surface area contributed by atoms with E-state index in [1.54, 1.807) is 37.3 Å². The lowest BCUT2D eigenvalue weighted by Crippen LogP contribution is -2.44. The number of nitrogens with zero attached hydrogens (tertiary/aromatic N) is 4. The number of aromatic nitrogens is 1. The van der Waals surface area contributed by atoms with Crippen LogP contribution >= 0.6 is 35.4 Å². The molecule has 10 heteroatoms. The maximum atomic E-state index is 13.4. The SMILES string of the molecule is [C-]#[N+]c1ccc(N2C(=O)C(C)(C)N(CCCOc3ccc(-c4cc[n+]([O-])cc4)c(Cl)c3)C2=S)c(C)c1Cl. The second-order valence-electron chi connectivity index (χ2n) is 9.08. The zero-order valence-corrected chi connectivity index (χ0v) is 22.8. The van der Waals surface area contributed by atoms with Crippen LogP contribution in [0.3, 0.4) is 0 Å². The highest BCUT2D eigenvalue weighted by Crippen LogP contribution is 2.39. The normalized spacial score (nSPS) is 14.7. The fourth-order valence-corrected chi connectivity index (χ4v) is 5.22. The van der Waals surface area contributed by atoms with E-state index in [1.807, 2.05) is 30.9 Å². The van der Waals surface area contributed by atoms with E-state index in [1.165, 1.54) is 17.3 Å². The van der Waals surface area contributed by atoms with Gasteiger partial charge in [0.2, 0.25) is 5.69 Å². The number of hydrogen-bond acceptors (Lipinski definition) is 4. The predicted molar refractivity (Wildman–Crippen MR) is 149 cm³/mol. The number of anilines is 1. The molecule has 190 valence electrons. The van der Waals surface area contributed by atoms with Gasteiger partial charge in [0.1, 0.15) is 11.3 Å². The Kier molecular flexibility index (Phi) is 7.60. The summed E-state index contributed by atoms with van der Waals surface area (Å²) in [5.74, 6) is 0.466. The van der Waals surface area contributed by atoms with Crippen molar-refractivity contribution in [2.45, 2.75) is 32.7 Å². The quantitative estimate of drug-likeness (QED) is 0.112. The molecular weight excluding hydrogens is 531 g/mol. The first-order chi connectivity index (χ1) is 17.6. The highest BCUT2D eigenvalue weighted by Gasteiger charge is 2.49. The standard InChI is InChI=1S/C27H24Cl2N4O3S/c1-17-23(9-8-22(30-4)24(17)29)33-25(34)27(2,3)32(26(33)37)12-5-15-36-19-6-7-20(21(28)16-19)18-10-13-31(35)14-11-18/h6-11,13-14,16H,5,12,15H2,1-3H3. The number of carbonyl (C=O) groups excluding carboxylic acids is 1. The minimum Gasteiger partial charge on any atom is -0.619 e. The van der Waals surface area contributed by atoms with E-state index in [9.17, 15) is 10.0 Å². The van der Waals surface area contributed by atoms with Crippen molar-refractivity contribution >= 4 is 57.8 Å². The van der Waals surface area contributed by atoms with Crippen molar-refractivity contribution in [3.8, 4) is 16.9 Å². The van der Waals surface area contributed by atoms with Crippen LogP contribution in [0, 0.1) is 18.7 Å². The summed E-state index contributed by atoms with van der Waals surface area (Å²) < 4.78 is 6.63. The van der Waals surface area contributed by atoms with E-state index in [4.69, 9.17) is 46.7 Å². The van der Waals surface area contributed by atoms with Gasteiger partial charge in [-0.25, -0.2) is 4.85 Å². The lowest BCUT2D eigenvalue weighted by atomic mass is 10.0. The van der Waals surface area contributed by atoms with Crippen LogP contribution in [-0.4, -0.2) is 34.6 Å². The summed E-state index contributed by atoms with van der Waals surface area (Å²) in [6.45, 7) is 13.6. The van der Waals surface area contributed by atoms with Gasteiger partial charge in [-0.2, -0.15) is 4.73 Å². The molecule has 2 aromatic carbocycles. The van der Waals surface area contributed by atoms with Gasteiger partial charge in [0.05, 0.1) is 28.9 Å². The number of thiocarbonyl (C=S) groups is 1. The highest BCUT2D eigenvalue weighted by molar-refractivity contribution is 7.80. The molecule has 1 aliphatic heterocycles. The molecule has 1 fully saturated rings. The smallest absolute Gasteiger partial charge is 0.258 e. The number of hydrogen-bond donors (Lipinski definition) is 0. The van der Waals surface area contributed by atoms with Gasteiger partial charge < -0.3 is 14.8 Å². The molecule has 0 aliphatic carbocycles. The number of halogens is 2. The van der Waals surface area contributed by atoms with Crippen molar-refractivity contribution in [2.24, 2.45) is 0 Å². The molecule has 0 bridgehead atoms. The molecule has 0 unspecified atom stereocenters. The third-order valence-corrected chi connectivity index (χ3v) is 7.56. The first kappa shape index (κ1) is 26.7. The van der Waals surface area contributed by atoms with Crippen LogP contribution in [-0.2, 0) is 4.79 Å². The average molecular weight is 555 g/mol. The summed E-state index contributed by atoms with van der Waals surface area (Å²) >= 11 is 18.5. The van der Waals surface area contributed by atoms with Gasteiger partial charge in [0.15, 0.2) is 17.5 Å². The summed E-state index contributed by atoms with van der Waals surface area (Å²) in [5, 5.41) is 12.5. The monoisotopic (exact) mass is 554 g/mol. The minimum atomic E-state index is -0.850. The topological polar surface area (TPSA) is 64.1 Å². The lowest BCUT2D eigenvalue weighted by molar-refractivity contribution is -0.605. The number of benzene rings is 2. The van der Waals surface area contributed by atoms with Gasteiger partial charge in [-0.15, -0.1) is 0 Å². The van der Waals surface area contributed by atoms with Crippen LogP contribution in [0.5, 0.6) is 5.75 Å². The summed E-state index contributed by atoms with van der Waals surface area (Å²) in [5.41, 5.74) is 2.34. The number of amides is 1. The molecule has 0 spiro atoms. The predicted octanol–water partition coefficient (Wildman–Crippen LogP) is 6.33. The van der Waals surface area contributed by atoms with E-state index >= 15 is 0 Å². The first-order valence-corrected chi connectivity index (χ1v) is 12.7. The van der Waals surface area contributed by atoms with Gasteiger partial charge in [0, 0.05) is 24.2 Å². The molecule has 1 aliphatic rings. The summed E-state index contributed by atoms with van der Waals surface area (Å²) in [4.78, 5) is 20.2. The number of pyridine rings is 1. The molecule has 37 heavy (non-hydrogen) atoms. The van der Waals surface area contributed by atoms with E-state index in [-0.39, 0.29) is 5.91 Å². The Bertz CT molecular complexity index is 1420. The summed E-state index contributed by atoms with van der Waals surface area (Å²) in [6, 6.07) is 12.1. The molecule has 1 saturated heterocycles. The molecule has 2 heterocycles. The van der Waals surface area contributed by atoms with E-state index in [0.717, 1.165) is 15.9 Å². The van der Waals surface area contributed by atoms with Gasteiger partial charge in [-0.3, -0.25) is 9.69 Å². The Labute approximate surface area is 231 Å². The van der Waals surface area contributed by atoms with E-state index in [0.29, 0.717) is 57.4 Å². The maximum Gasteiger partial charge on any atom is 0.258 e. The van der Waals surface area contributed by atoms with Gasteiger partial charge >= 0.3 is 0 Å². The van der Waals surface area contributed by atoms with Crippen LogP contribution in [0.2, 0.25) is 10.0 Å². The molecule has 7 nitrogen and oxygen atoms in total. The van der Waals surface area contributed by atoms with E-state index in [2.05, 4.69) is 4.85 Å². The number of carbonyl (C=O) groups is 1. The van der Waals surface area contributed by atoms with Crippen molar-refractivity contribution in [1.29, 1.82) is 0 Å². The van der Waals surface area contributed by atoms with Crippen molar-refractivity contribution in [3.05, 3.63) is 87.1 Å². The molecule has 0 N–H and O–H groups in total. The van der Waals surface area contributed by atoms with Gasteiger partial charge in [-0.1, -0.05) is 29.3 Å². The Hall–Kier alpha value is -3.38. The fourth-order valence-electron chi connectivity index (χ4n) is 4.24. The van der Waals surface area contributed by atoms with Gasteiger partial charge in [0.25, 0.3) is 5.91 Å². The molecule has 4 rings (SSSR count). The second kappa shape index (κ2) is 10.5. The zero-order chi connectivity index (χ0) is 26.9. The van der Waals surface area contributed by atoms with Crippen LogP contribution < -0.4 is 14.4 Å². The van der Waals surface area contributed by atoms with Crippen molar-refractivity contribution in [3.63, 3.8) is 0 Å². The molecule has 0 radical (unpaired) electrons. The summed E-state index contributed by atoms with van der Waals surface area (Å²) in [7, 11) is 0. The number of ether oxygens (including phenoxy) is 1. The number of rotatable bonds is 7. The van der Waals surface area contributed by atoms with E-state index < -0.39 is 5.54 Å². The molecular formula is C27H24Cl2N4O3S. The van der Waals surface area contributed by atoms with Crippen LogP contribution in [0.4, 0.5) is 11.4 Å². The molecule has 3 aromatic rings. The third-order valence-electron chi connectivity index (χ3n) is 6.37. The maximum absolute atomic E-state index is 13.4. The first-order valence-electron chi connectivity index (χ1n) is 11.5. The molecule has 0 saturated carbocycles. The summed E-state index contributed by atoms with van der Waals surface area (Å²) in [6.07, 6.45) is 3.46. The minimum absolute atomic E-state index is 0.154. The van der Waals surface area contributed by atoms with Crippen molar-refractivity contribution < 1.29 is 14.3 Å². The highest BCUT2D eigenvalue weighted by atomic mass is 35.5. The Balaban J connectivity index is 1.41. The fraction of sp³-hybridized carbons (Fsp3) is 0.259. The van der Waals surface area contributed by atoms with Crippen LogP contribution in [0.1, 0.15) is 25.8 Å². The largest absolute Gasteiger partial charge is 0.619 e. The molecule has 0 atom stereocenters. The second-order valence-corrected chi connectivity index (χ2v) is 10.2. The molecule has 1 aromatic heterocycles. The zero-order valence-electron chi connectivity index (χ0n) is 20.5. The average Bonchev–Trinajstić information content (AvgIpc) is 3.03. The van der Waals surface area contributed by atoms with Crippen molar-refractivity contribution in [1.82, 2.24) is 4.90 Å². The third kappa shape index (κ3) is 5.08. The van der Waals surface area contributed by atoms with Crippen LogP contribution in [0.25, 0.3) is 16.0 Å². The Morgan fingerprint density at radius 2 is 1.86 bits per heavy atom. The Morgan fingerprint density at radius 3 is 2.51 bits per heavy atom. The Morgan fingerprint density at radius 1 is 1.16 bits per heavy atom. The van der Waals surface area contributed by atoms with Crippen molar-refractivity contribution in [2.75, 3.05) is 18.1 Å². The molecule has 1 amide bonds. The van der Waals surface area contributed by atoms with Gasteiger partial charge in [-0.05, 0) is 74.8 Å². The van der Waals surface area contributed by atoms with Crippen LogP contribution in [0.15, 0.2) is 54.9 Å². The lowest BCUT2D eigenvalue weighted by Gasteiger charge is -2.29.